The van der Waals surface area contributed by atoms with Crippen LogP contribution >= 0.6 is 0 Å². The van der Waals surface area contributed by atoms with E-state index in [9.17, 15) is 24.3 Å². The van der Waals surface area contributed by atoms with Gasteiger partial charge in [-0.15, -0.1) is 0 Å². The highest BCUT2D eigenvalue weighted by Gasteiger charge is 2.33. The van der Waals surface area contributed by atoms with Gasteiger partial charge in [-0.1, -0.05) is 12.1 Å². The average molecular weight is 605 g/mol. The highest BCUT2D eigenvalue weighted by Crippen LogP contribution is 2.31. The van der Waals surface area contributed by atoms with Crippen molar-refractivity contribution in [2.75, 3.05) is 40.2 Å². The van der Waals surface area contributed by atoms with Crippen molar-refractivity contribution in [3.05, 3.63) is 89.0 Å². The molecule has 0 saturated carbocycles. The number of nitrogens with one attached hydrogen (secondary N) is 1. The summed E-state index contributed by atoms with van der Waals surface area (Å²) in [7, 11) is 1.50. The first-order chi connectivity index (χ1) is 21.3. The van der Waals surface area contributed by atoms with E-state index >= 15 is 0 Å². The lowest BCUT2D eigenvalue weighted by Gasteiger charge is -2.28. The van der Waals surface area contributed by atoms with Crippen LogP contribution in [0.3, 0.4) is 0 Å². The smallest absolute Gasteiger partial charge is 0.407 e. The molecular weight excluding hydrogens is 572 g/mol. The standard InChI is InChI=1S/C32H32N2O10/c1-40-19-43-24-11-8-21(9-12-24)30(36)33-25-18-34(32(38)39)14-2-3-26(25)44-31(37)22-6-4-20(5-7-22)29(35)23-10-13-27-28(17-23)42-16-15-41-27/h4-13,17,25-26H,2-3,14-16,18-19H2,1H3,(H,33,36)(H,38,39)/t25-,26-/m1/s1. The first-order valence-corrected chi connectivity index (χ1v) is 14.1. The van der Waals surface area contributed by atoms with Crippen molar-refractivity contribution in [2.45, 2.75) is 25.0 Å². The summed E-state index contributed by atoms with van der Waals surface area (Å²) < 4.78 is 27.1. The van der Waals surface area contributed by atoms with Crippen LogP contribution < -0.4 is 19.5 Å². The summed E-state index contributed by atoms with van der Waals surface area (Å²) in [5.41, 5.74) is 1.32. The van der Waals surface area contributed by atoms with Gasteiger partial charge in [-0.3, -0.25) is 9.59 Å². The van der Waals surface area contributed by atoms with Crippen LogP contribution in [-0.4, -0.2) is 86.1 Å². The third-order valence-electron chi connectivity index (χ3n) is 7.28. The lowest BCUT2D eigenvalue weighted by atomic mass is 10.0. The van der Waals surface area contributed by atoms with E-state index in [0.29, 0.717) is 60.0 Å². The Morgan fingerprint density at radius 3 is 2.25 bits per heavy atom. The molecule has 0 aliphatic carbocycles. The highest BCUT2D eigenvalue weighted by atomic mass is 16.7. The third kappa shape index (κ3) is 7.27. The Morgan fingerprint density at radius 2 is 1.55 bits per heavy atom. The summed E-state index contributed by atoms with van der Waals surface area (Å²) >= 11 is 0. The van der Waals surface area contributed by atoms with Crippen molar-refractivity contribution in [1.29, 1.82) is 0 Å². The van der Waals surface area contributed by atoms with E-state index in [1.165, 1.54) is 36.3 Å². The van der Waals surface area contributed by atoms with Gasteiger partial charge >= 0.3 is 12.1 Å². The molecule has 230 valence electrons. The lowest BCUT2D eigenvalue weighted by molar-refractivity contribution is 0.0179. The molecule has 0 bridgehead atoms. The number of carbonyl (C=O) groups excluding carboxylic acids is 3. The normalized spacial score (nSPS) is 17.6. The fraction of sp³-hybridized carbons (Fsp3) is 0.312. The average Bonchev–Trinajstić information content (AvgIpc) is 3.25. The number of carbonyl (C=O) groups is 4. The van der Waals surface area contributed by atoms with Gasteiger partial charge in [-0.25, -0.2) is 9.59 Å². The van der Waals surface area contributed by atoms with E-state index < -0.39 is 30.1 Å². The molecule has 0 aromatic heterocycles. The van der Waals surface area contributed by atoms with Gasteiger partial charge in [0, 0.05) is 36.9 Å². The number of hydrogen-bond donors (Lipinski definition) is 2. The van der Waals surface area contributed by atoms with Gasteiger partial charge in [-0.05, 0) is 67.4 Å². The zero-order chi connectivity index (χ0) is 31.1. The minimum atomic E-state index is -1.13. The molecule has 5 rings (SSSR count). The molecule has 1 fully saturated rings. The SMILES string of the molecule is COCOc1ccc(C(=O)N[C@@H]2CN(C(=O)O)CCC[C@H]2OC(=O)c2ccc(C(=O)c3ccc4c(c3)OCCO4)cc2)cc1. The van der Waals surface area contributed by atoms with Crippen LogP contribution in [0.5, 0.6) is 17.2 Å². The van der Waals surface area contributed by atoms with Crippen LogP contribution in [0.1, 0.15) is 49.5 Å². The molecule has 12 nitrogen and oxygen atoms in total. The van der Waals surface area contributed by atoms with Crippen LogP contribution in [0.2, 0.25) is 0 Å². The Hall–Kier alpha value is -5.10. The fourth-order valence-corrected chi connectivity index (χ4v) is 4.98. The third-order valence-corrected chi connectivity index (χ3v) is 7.28. The summed E-state index contributed by atoms with van der Waals surface area (Å²) in [4.78, 5) is 52.3. The van der Waals surface area contributed by atoms with Gasteiger partial charge < -0.3 is 39.0 Å². The summed E-state index contributed by atoms with van der Waals surface area (Å²) in [5.74, 6) is 0.235. The molecule has 2 N–H and O–H groups in total. The van der Waals surface area contributed by atoms with Crippen LogP contribution in [0.15, 0.2) is 66.7 Å². The number of rotatable bonds is 9. The maximum absolute atomic E-state index is 13.2. The quantitative estimate of drug-likeness (QED) is 0.210. The second-order valence-electron chi connectivity index (χ2n) is 10.2. The second kappa shape index (κ2) is 13.9. The predicted molar refractivity (Wildman–Crippen MR) is 156 cm³/mol. The Morgan fingerprint density at radius 1 is 0.886 bits per heavy atom. The summed E-state index contributed by atoms with van der Waals surface area (Å²) in [5, 5.41) is 12.5. The largest absolute Gasteiger partial charge is 0.486 e. The lowest BCUT2D eigenvalue weighted by Crippen LogP contribution is -2.51. The molecule has 2 amide bonds. The Balaban J connectivity index is 1.26. The van der Waals surface area contributed by atoms with Crippen LogP contribution in [0.25, 0.3) is 0 Å². The van der Waals surface area contributed by atoms with E-state index in [1.807, 2.05) is 0 Å². The molecule has 12 heteroatoms. The molecule has 3 aromatic rings. The molecule has 0 unspecified atom stereocenters. The number of nitrogens with zero attached hydrogens (tertiary/aromatic N) is 1. The van der Waals surface area contributed by atoms with E-state index in [2.05, 4.69) is 5.32 Å². The van der Waals surface area contributed by atoms with E-state index in [0.717, 1.165) is 0 Å². The number of methoxy groups -OCH3 is 1. The molecule has 2 heterocycles. The number of esters is 1. The highest BCUT2D eigenvalue weighted by molar-refractivity contribution is 6.09. The molecule has 1 saturated heterocycles. The van der Waals surface area contributed by atoms with Crippen molar-refractivity contribution in [2.24, 2.45) is 0 Å². The predicted octanol–water partition coefficient (Wildman–Crippen LogP) is 3.77. The number of benzene rings is 3. The zero-order valence-corrected chi connectivity index (χ0v) is 24.0. The molecule has 2 aliphatic rings. The van der Waals surface area contributed by atoms with Gasteiger partial charge in [0.1, 0.15) is 25.1 Å². The zero-order valence-electron chi connectivity index (χ0n) is 24.0. The molecule has 2 aliphatic heterocycles. The Labute approximate surface area is 253 Å². The van der Waals surface area contributed by atoms with Crippen molar-refractivity contribution in [1.82, 2.24) is 10.2 Å². The van der Waals surface area contributed by atoms with Gasteiger partial charge in [0.25, 0.3) is 5.91 Å². The van der Waals surface area contributed by atoms with Crippen LogP contribution in [-0.2, 0) is 9.47 Å². The first-order valence-electron chi connectivity index (χ1n) is 14.1. The van der Waals surface area contributed by atoms with Crippen molar-refractivity contribution >= 4 is 23.8 Å². The Kier molecular flexibility index (Phi) is 9.60. The van der Waals surface area contributed by atoms with Gasteiger partial charge in [0.05, 0.1) is 11.6 Å². The van der Waals surface area contributed by atoms with E-state index in [4.69, 9.17) is 23.7 Å². The number of hydrogen-bond acceptors (Lipinski definition) is 9. The number of ketones is 1. The fourth-order valence-electron chi connectivity index (χ4n) is 4.98. The summed E-state index contributed by atoms with van der Waals surface area (Å²) in [6.45, 7) is 1.09. The summed E-state index contributed by atoms with van der Waals surface area (Å²) in [6.07, 6.45) is -1.15. The Bertz CT molecular complexity index is 1510. The number of likely N-dealkylation sites (tertiary alicyclic amines) is 1. The second-order valence-corrected chi connectivity index (χ2v) is 10.2. The maximum Gasteiger partial charge on any atom is 0.407 e. The molecule has 0 spiro atoms. The molecule has 44 heavy (non-hydrogen) atoms. The van der Waals surface area contributed by atoms with Crippen molar-refractivity contribution in [3.8, 4) is 17.2 Å². The monoisotopic (exact) mass is 604 g/mol. The van der Waals surface area contributed by atoms with Gasteiger partial charge in [0.15, 0.2) is 24.1 Å². The number of amides is 2. The number of ether oxygens (including phenoxy) is 5. The van der Waals surface area contributed by atoms with E-state index in [-0.39, 0.29) is 31.2 Å². The first kappa shape index (κ1) is 30.4. The maximum atomic E-state index is 13.2. The van der Waals surface area contributed by atoms with E-state index in [1.54, 1.807) is 42.5 Å². The molecule has 3 aromatic carbocycles. The number of carboxylic acid groups (broad SMARTS) is 1. The molecule has 2 atom stereocenters. The molecular formula is C32H32N2O10. The molecule has 0 radical (unpaired) electrons. The van der Waals surface area contributed by atoms with Gasteiger partial charge in [-0.2, -0.15) is 0 Å². The minimum Gasteiger partial charge on any atom is -0.486 e. The van der Waals surface area contributed by atoms with Crippen molar-refractivity contribution in [3.63, 3.8) is 0 Å². The van der Waals surface area contributed by atoms with Crippen molar-refractivity contribution < 1.29 is 48.0 Å². The van der Waals surface area contributed by atoms with Crippen LogP contribution in [0, 0.1) is 0 Å². The summed E-state index contributed by atoms with van der Waals surface area (Å²) in [6, 6.07) is 16.6. The minimum absolute atomic E-state index is 0.0585. The van der Waals surface area contributed by atoms with Crippen LogP contribution in [0.4, 0.5) is 4.79 Å². The topological polar surface area (TPSA) is 150 Å². The van der Waals surface area contributed by atoms with Gasteiger partial charge in [0.2, 0.25) is 0 Å². The number of fused-ring (bicyclic) bond motifs is 1.